The molecule has 3 heterocycles. The highest BCUT2D eigenvalue weighted by Gasteiger charge is 2.26. The van der Waals surface area contributed by atoms with E-state index in [1.165, 1.54) is 7.11 Å². The van der Waals surface area contributed by atoms with Crippen molar-refractivity contribution in [1.29, 1.82) is 0 Å². The molecule has 0 saturated carbocycles. The van der Waals surface area contributed by atoms with Crippen LogP contribution in [0.3, 0.4) is 0 Å². The lowest BCUT2D eigenvalue weighted by Gasteiger charge is -2.15. The number of nitrogens with zero attached hydrogens (tertiary/aromatic N) is 4. The molecule has 2 aromatic carbocycles. The number of ether oxygens (including phenoxy) is 2. The highest BCUT2D eigenvalue weighted by Crippen LogP contribution is 2.33. The van der Waals surface area contributed by atoms with E-state index in [2.05, 4.69) is 29.6 Å². The van der Waals surface area contributed by atoms with Crippen molar-refractivity contribution in [3.63, 3.8) is 0 Å². The Hall–Kier alpha value is -4.25. The van der Waals surface area contributed by atoms with Gasteiger partial charge in [-0.3, -0.25) is 4.79 Å². The third-order valence-corrected chi connectivity index (χ3v) is 9.25. The van der Waals surface area contributed by atoms with Crippen molar-refractivity contribution in [3.05, 3.63) is 113 Å². The number of pyridine rings is 1. The molecule has 0 aliphatic rings. The average molecular weight is 597 g/mol. The van der Waals surface area contributed by atoms with E-state index in [1.807, 2.05) is 71.3 Å². The van der Waals surface area contributed by atoms with Gasteiger partial charge in [0, 0.05) is 43.6 Å². The van der Waals surface area contributed by atoms with Crippen molar-refractivity contribution in [1.82, 2.24) is 14.5 Å². The van der Waals surface area contributed by atoms with Crippen LogP contribution in [0.1, 0.15) is 37.0 Å². The van der Waals surface area contributed by atoms with E-state index in [-0.39, 0.29) is 23.2 Å². The molecule has 0 spiro atoms. The summed E-state index contributed by atoms with van der Waals surface area (Å²) in [5.41, 5.74) is 3.45. The number of carbonyl (C=O) groups excluding carboxylic acids is 2. The van der Waals surface area contributed by atoms with Crippen molar-refractivity contribution < 1.29 is 19.1 Å². The maximum Gasteiger partial charge on any atom is 0.359 e. The number of hydrogen-bond acceptors (Lipinski definition) is 8. The van der Waals surface area contributed by atoms with Gasteiger partial charge in [-0.1, -0.05) is 91.6 Å². The summed E-state index contributed by atoms with van der Waals surface area (Å²) in [6.07, 6.45) is 3.44. The minimum Gasteiger partial charge on any atom is -0.464 e. The fraction of sp³-hybridized carbons (Fsp3) is 0.219. The fourth-order valence-corrected chi connectivity index (χ4v) is 6.00. The molecule has 0 aliphatic carbocycles. The second kappa shape index (κ2) is 12.7. The molecule has 0 N–H and O–H groups in total. The van der Waals surface area contributed by atoms with E-state index in [4.69, 9.17) is 14.5 Å². The average Bonchev–Trinajstić information content (AvgIpc) is 3.60. The van der Waals surface area contributed by atoms with Crippen molar-refractivity contribution in [2.24, 2.45) is 4.99 Å². The number of aromatic nitrogens is 3. The minimum atomic E-state index is -1.24. The van der Waals surface area contributed by atoms with Crippen molar-refractivity contribution in [3.8, 4) is 0 Å². The molecule has 8 nitrogen and oxygen atoms in total. The van der Waals surface area contributed by atoms with Gasteiger partial charge in [-0.25, -0.2) is 19.8 Å². The molecule has 0 bridgehead atoms. The summed E-state index contributed by atoms with van der Waals surface area (Å²) in [7, 11) is 0.0489. The van der Waals surface area contributed by atoms with Gasteiger partial charge >= 0.3 is 5.97 Å². The maximum absolute atomic E-state index is 13.9. The van der Waals surface area contributed by atoms with E-state index in [0.717, 1.165) is 28.5 Å². The van der Waals surface area contributed by atoms with Gasteiger partial charge in [0.25, 0.3) is 0 Å². The SMILES string of the molecule is COC(=O)c1nc(C(=O)c2cn(COCC[Si](C)(C)C)c3ncccc23)sc1N=C(c1ccccc1)c1ccccc1. The van der Waals surface area contributed by atoms with Gasteiger partial charge in [0.05, 0.1) is 18.4 Å². The number of fused-ring (bicyclic) bond motifs is 1. The third kappa shape index (κ3) is 6.62. The lowest BCUT2D eigenvalue weighted by atomic mass is 10.0. The van der Waals surface area contributed by atoms with Crippen LogP contribution >= 0.6 is 11.3 Å². The standard InChI is InChI=1S/C32H32N4O4SSi/c1-39-32(38)27-30(34-26(22-12-7-5-8-13-22)23-14-9-6-10-15-23)41-31(35-27)28(37)25-20-36(21-40-18-19-42(2,3)4)29-24(25)16-11-17-33-29/h5-17,20H,18-19,21H2,1-4H3. The van der Waals surface area contributed by atoms with Crippen LogP contribution in [0.5, 0.6) is 0 Å². The molecule has 5 rings (SSSR count). The van der Waals surface area contributed by atoms with Crippen molar-refractivity contribution in [2.75, 3.05) is 13.7 Å². The van der Waals surface area contributed by atoms with Crippen molar-refractivity contribution >= 4 is 52.9 Å². The molecule has 10 heteroatoms. The van der Waals surface area contributed by atoms with Gasteiger partial charge in [0.15, 0.2) is 15.7 Å². The minimum absolute atomic E-state index is 0.00763. The molecular formula is C32H32N4O4SSi. The molecule has 0 radical (unpaired) electrons. The van der Waals surface area contributed by atoms with Crippen LogP contribution in [-0.4, -0.2) is 53.8 Å². The summed E-state index contributed by atoms with van der Waals surface area (Å²) in [4.78, 5) is 40.6. The number of esters is 1. The zero-order valence-electron chi connectivity index (χ0n) is 24.0. The van der Waals surface area contributed by atoms with Crippen LogP contribution in [0.25, 0.3) is 11.0 Å². The van der Waals surface area contributed by atoms with Crippen LogP contribution in [0, 0.1) is 0 Å². The van der Waals surface area contributed by atoms with Gasteiger partial charge in [-0.15, -0.1) is 0 Å². The largest absolute Gasteiger partial charge is 0.464 e. The summed E-state index contributed by atoms with van der Waals surface area (Å²) < 4.78 is 12.8. The number of methoxy groups -OCH3 is 1. The smallest absolute Gasteiger partial charge is 0.359 e. The first-order valence-electron chi connectivity index (χ1n) is 13.6. The Morgan fingerprint density at radius 1 is 0.952 bits per heavy atom. The first-order valence-corrected chi connectivity index (χ1v) is 18.1. The fourth-order valence-electron chi connectivity index (χ4n) is 4.36. The second-order valence-electron chi connectivity index (χ2n) is 10.9. The van der Waals surface area contributed by atoms with Gasteiger partial charge < -0.3 is 14.0 Å². The van der Waals surface area contributed by atoms with E-state index >= 15 is 0 Å². The molecule has 42 heavy (non-hydrogen) atoms. The molecule has 0 atom stereocenters. The van der Waals surface area contributed by atoms with Crippen LogP contribution in [-0.2, 0) is 16.2 Å². The number of carbonyl (C=O) groups is 2. The molecular weight excluding hydrogens is 565 g/mol. The number of aliphatic imine (C=N–C) groups is 1. The number of thiazole rings is 1. The lowest BCUT2D eigenvalue weighted by molar-refractivity contribution is 0.0596. The van der Waals surface area contributed by atoms with E-state index in [0.29, 0.717) is 33.9 Å². The molecule has 214 valence electrons. The normalized spacial score (nSPS) is 11.4. The Morgan fingerprint density at radius 3 is 2.24 bits per heavy atom. The lowest BCUT2D eigenvalue weighted by Crippen LogP contribution is -2.22. The number of ketones is 1. The molecule has 0 fully saturated rings. The van der Waals surface area contributed by atoms with Gasteiger partial charge in [0.2, 0.25) is 5.78 Å². The summed E-state index contributed by atoms with van der Waals surface area (Å²) in [6, 6.07) is 24.0. The topological polar surface area (TPSA) is 95.7 Å². The second-order valence-corrected chi connectivity index (χ2v) is 17.5. The highest BCUT2D eigenvalue weighted by molar-refractivity contribution is 7.17. The predicted octanol–water partition coefficient (Wildman–Crippen LogP) is 6.99. The molecule has 5 aromatic rings. The zero-order valence-corrected chi connectivity index (χ0v) is 25.9. The van der Waals surface area contributed by atoms with Gasteiger partial charge in [0.1, 0.15) is 12.4 Å². The maximum atomic E-state index is 13.9. The Kier molecular flexibility index (Phi) is 8.86. The summed E-state index contributed by atoms with van der Waals surface area (Å²) in [5.74, 6) is -0.990. The molecule has 0 saturated heterocycles. The molecule has 3 aromatic heterocycles. The Balaban J connectivity index is 1.54. The Bertz CT molecular complexity index is 1700. The number of benzene rings is 2. The number of rotatable bonds is 11. The summed E-state index contributed by atoms with van der Waals surface area (Å²) in [5, 5.41) is 1.12. The van der Waals surface area contributed by atoms with Crippen LogP contribution in [0.15, 0.2) is 90.2 Å². The molecule has 0 amide bonds. The molecule has 0 aliphatic heterocycles. The number of hydrogen-bond donors (Lipinski definition) is 0. The Labute approximate surface area is 249 Å². The van der Waals surface area contributed by atoms with E-state index < -0.39 is 14.0 Å². The van der Waals surface area contributed by atoms with E-state index in [1.54, 1.807) is 18.5 Å². The summed E-state index contributed by atoms with van der Waals surface area (Å²) in [6.45, 7) is 7.84. The van der Waals surface area contributed by atoms with E-state index in [9.17, 15) is 9.59 Å². The van der Waals surface area contributed by atoms with Gasteiger partial charge in [-0.05, 0) is 18.2 Å². The van der Waals surface area contributed by atoms with Crippen LogP contribution < -0.4 is 0 Å². The van der Waals surface area contributed by atoms with Crippen LogP contribution in [0.4, 0.5) is 5.00 Å². The molecule has 0 unspecified atom stereocenters. The monoisotopic (exact) mass is 596 g/mol. The first-order chi connectivity index (χ1) is 20.2. The van der Waals surface area contributed by atoms with Crippen molar-refractivity contribution in [2.45, 2.75) is 32.4 Å². The highest BCUT2D eigenvalue weighted by atomic mass is 32.1. The first kappa shape index (κ1) is 29.2. The van der Waals surface area contributed by atoms with Gasteiger partial charge in [-0.2, -0.15) is 0 Å². The Morgan fingerprint density at radius 2 is 1.62 bits per heavy atom. The predicted molar refractivity (Wildman–Crippen MR) is 169 cm³/mol. The third-order valence-electron chi connectivity index (χ3n) is 6.60. The quantitative estimate of drug-likeness (QED) is 0.0536. The van der Waals surface area contributed by atoms with Crippen LogP contribution in [0.2, 0.25) is 25.7 Å². The summed E-state index contributed by atoms with van der Waals surface area (Å²) >= 11 is 1.06. The zero-order chi connectivity index (χ0) is 29.7.